The van der Waals surface area contributed by atoms with E-state index in [4.69, 9.17) is 4.74 Å². The molecule has 1 aromatic heterocycles. The highest BCUT2D eigenvalue weighted by Crippen LogP contribution is 2.38. The minimum absolute atomic E-state index is 0.0427. The minimum Gasteiger partial charge on any atom is -0.477 e. The molecule has 2 heterocycles. The number of likely N-dealkylation sites (tertiary alicyclic amines) is 1. The van der Waals surface area contributed by atoms with Gasteiger partial charge in [0.05, 0.1) is 28.5 Å². The van der Waals surface area contributed by atoms with Gasteiger partial charge in [0, 0.05) is 6.54 Å². The highest BCUT2D eigenvalue weighted by Gasteiger charge is 2.47. The lowest BCUT2D eigenvalue weighted by Gasteiger charge is -2.19. The van der Waals surface area contributed by atoms with Crippen molar-refractivity contribution >= 4 is 33.4 Å². The van der Waals surface area contributed by atoms with Gasteiger partial charge in [-0.3, -0.25) is 14.5 Å². The molecule has 25 heavy (non-hydrogen) atoms. The lowest BCUT2D eigenvalue weighted by molar-refractivity contribution is -0.140. The number of aromatic nitrogens is 1. The Labute approximate surface area is 151 Å². The molecule has 1 aliphatic carbocycles. The molecule has 2 atom stereocenters. The highest BCUT2D eigenvalue weighted by atomic mass is 32.1. The van der Waals surface area contributed by atoms with Gasteiger partial charge in [0.1, 0.15) is 0 Å². The fraction of sp³-hybridized carbons (Fsp3) is 0.526. The third kappa shape index (κ3) is 3.15. The molecule has 0 spiro atoms. The van der Waals surface area contributed by atoms with Crippen LogP contribution in [0.1, 0.15) is 38.5 Å². The number of hydrogen-bond acceptors (Lipinski definition) is 5. The molecule has 132 valence electrons. The molecular weight excluding hydrogens is 336 g/mol. The number of ether oxygens (including phenoxy) is 1. The Morgan fingerprint density at radius 2 is 1.80 bits per heavy atom. The molecule has 1 saturated heterocycles. The van der Waals surface area contributed by atoms with Gasteiger partial charge in [0.2, 0.25) is 17.7 Å². The summed E-state index contributed by atoms with van der Waals surface area (Å²) in [4.78, 5) is 26.3. The number of nitrogens with zero attached hydrogens (tertiary/aromatic N) is 2. The first kappa shape index (κ1) is 16.5. The monoisotopic (exact) mass is 358 g/mol. The Kier molecular flexibility index (Phi) is 4.70. The highest BCUT2D eigenvalue weighted by molar-refractivity contribution is 7.13. The van der Waals surface area contributed by atoms with Crippen LogP contribution in [0.4, 0.5) is 0 Å². The molecule has 6 heteroatoms. The van der Waals surface area contributed by atoms with Crippen LogP contribution in [-0.2, 0) is 9.59 Å². The van der Waals surface area contributed by atoms with Crippen molar-refractivity contribution in [3.8, 4) is 5.88 Å². The zero-order chi connectivity index (χ0) is 17.2. The number of carbonyl (C=O) groups excluding carboxylic acids is 2. The number of unbranched alkanes of at least 4 members (excludes halogenated alkanes) is 1. The van der Waals surface area contributed by atoms with Gasteiger partial charge in [-0.2, -0.15) is 4.37 Å². The Balaban J connectivity index is 1.26. The van der Waals surface area contributed by atoms with Crippen molar-refractivity contribution in [3.05, 3.63) is 24.3 Å². The molecule has 4 rings (SSSR count). The molecular formula is C19H22N2O3S. The SMILES string of the molecule is O=C1[C@H]2CCCC[C@H]2C(=O)N1CCCCOc1nsc2ccccc12. The van der Waals surface area contributed by atoms with Gasteiger partial charge < -0.3 is 4.74 Å². The lowest BCUT2D eigenvalue weighted by Crippen LogP contribution is -2.32. The molecule has 0 N–H and O–H groups in total. The molecule has 1 aliphatic heterocycles. The Hall–Kier alpha value is -1.95. The number of benzene rings is 1. The van der Waals surface area contributed by atoms with Crippen LogP contribution in [0.5, 0.6) is 5.88 Å². The standard InChI is InChI=1S/C19H22N2O3S/c22-18-13-7-1-2-8-14(13)19(23)21(18)11-5-6-12-24-17-15-9-3-4-10-16(15)25-20-17/h3-4,9-10,13-14H,1-2,5-8,11-12H2/t13-,14+. The van der Waals surface area contributed by atoms with E-state index in [9.17, 15) is 9.59 Å². The molecule has 0 radical (unpaired) electrons. The van der Waals surface area contributed by atoms with E-state index in [1.807, 2.05) is 24.3 Å². The molecule has 1 aromatic carbocycles. The average Bonchev–Trinajstić information content (AvgIpc) is 3.16. The summed E-state index contributed by atoms with van der Waals surface area (Å²) < 4.78 is 11.2. The molecule has 0 bridgehead atoms. The number of imide groups is 1. The smallest absolute Gasteiger partial charge is 0.233 e. The predicted molar refractivity (Wildman–Crippen MR) is 96.5 cm³/mol. The van der Waals surface area contributed by atoms with E-state index >= 15 is 0 Å². The van der Waals surface area contributed by atoms with Crippen LogP contribution < -0.4 is 4.74 Å². The van der Waals surface area contributed by atoms with Gasteiger partial charge in [-0.15, -0.1) is 0 Å². The summed E-state index contributed by atoms with van der Waals surface area (Å²) in [6.45, 7) is 1.07. The van der Waals surface area contributed by atoms with Crippen molar-refractivity contribution in [2.24, 2.45) is 11.8 Å². The van der Waals surface area contributed by atoms with Crippen LogP contribution in [0.2, 0.25) is 0 Å². The van der Waals surface area contributed by atoms with Gasteiger partial charge in [-0.05, 0) is 49.3 Å². The van der Waals surface area contributed by atoms with Gasteiger partial charge in [-0.1, -0.05) is 25.0 Å². The molecule has 2 aromatic rings. The summed E-state index contributed by atoms with van der Waals surface area (Å²) in [7, 11) is 0. The molecule has 0 unspecified atom stereocenters. The second-order valence-corrected chi connectivity index (χ2v) is 7.67. The molecule has 5 nitrogen and oxygen atoms in total. The van der Waals surface area contributed by atoms with E-state index in [0.29, 0.717) is 19.0 Å². The largest absolute Gasteiger partial charge is 0.477 e. The second kappa shape index (κ2) is 7.12. The van der Waals surface area contributed by atoms with Gasteiger partial charge in [0.25, 0.3) is 0 Å². The van der Waals surface area contributed by atoms with E-state index < -0.39 is 0 Å². The number of fused-ring (bicyclic) bond motifs is 2. The third-order valence-corrected chi connectivity index (χ3v) is 6.10. The average molecular weight is 358 g/mol. The Bertz CT molecular complexity index is 764. The van der Waals surface area contributed by atoms with Crippen molar-refractivity contribution in [2.45, 2.75) is 38.5 Å². The summed E-state index contributed by atoms with van der Waals surface area (Å²) in [5.74, 6) is 0.708. The summed E-state index contributed by atoms with van der Waals surface area (Å²) in [6.07, 6.45) is 5.49. The lowest BCUT2D eigenvalue weighted by atomic mass is 9.81. The maximum atomic E-state index is 12.4. The van der Waals surface area contributed by atoms with Crippen molar-refractivity contribution in [1.82, 2.24) is 9.27 Å². The Morgan fingerprint density at radius 1 is 1.08 bits per heavy atom. The van der Waals surface area contributed by atoms with E-state index in [0.717, 1.165) is 48.6 Å². The Morgan fingerprint density at radius 3 is 2.56 bits per heavy atom. The first-order chi connectivity index (χ1) is 12.3. The normalized spacial score (nSPS) is 23.3. The van der Waals surface area contributed by atoms with Crippen LogP contribution in [0, 0.1) is 11.8 Å². The van der Waals surface area contributed by atoms with Gasteiger partial charge in [0.15, 0.2) is 0 Å². The number of hydrogen-bond donors (Lipinski definition) is 0. The first-order valence-electron chi connectivity index (χ1n) is 9.08. The second-order valence-electron chi connectivity index (χ2n) is 6.87. The number of amides is 2. The number of rotatable bonds is 6. The summed E-state index contributed by atoms with van der Waals surface area (Å²) in [6, 6.07) is 8.01. The van der Waals surface area contributed by atoms with Crippen LogP contribution in [0.3, 0.4) is 0 Å². The van der Waals surface area contributed by atoms with Crippen LogP contribution >= 0.6 is 11.5 Å². The van der Waals surface area contributed by atoms with E-state index in [1.165, 1.54) is 16.4 Å². The molecule has 2 amide bonds. The summed E-state index contributed by atoms with van der Waals surface area (Å²) in [5.41, 5.74) is 0. The van der Waals surface area contributed by atoms with Crippen molar-refractivity contribution < 1.29 is 14.3 Å². The molecule has 2 fully saturated rings. The quantitative estimate of drug-likeness (QED) is 0.584. The van der Waals surface area contributed by atoms with Gasteiger partial charge >= 0.3 is 0 Å². The first-order valence-corrected chi connectivity index (χ1v) is 9.85. The molecule has 1 saturated carbocycles. The minimum atomic E-state index is -0.0427. The summed E-state index contributed by atoms with van der Waals surface area (Å²) in [5, 5.41) is 1.04. The fourth-order valence-electron chi connectivity index (χ4n) is 3.96. The summed E-state index contributed by atoms with van der Waals surface area (Å²) >= 11 is 1.44. The van der Waals surface area contributed by atoms with E-state index in [1.54, 1.807) is 0 Å². The predicted octanol–water partition coefficient (Wildman–Crippen LogP) is 3.63. The van der Waals surface area contributed by atoms with Crippen LogP contribution in [0.15, 0.2) is 24.3 Å². The maximum Gasteiger partial charge on any atom is 0.233 e. The zero-order valence-corrected chi connectivity index (χ0v) is 15.0. The topological polar surface area (TPSA) is 59.5 Å². The fourth-order valence-corrected chi connectivity index (χ4v) is 4.68. The number of carbonyl (C=O) groups is 2. The van der Waals surface area contributed by atoms with Crippen LogP contribution in [0.25, 0.3) is 10.1 Å². The van der Waals surface area contributed by atoms with Crippen molar-refractivity contribution in [3.63, 3.8) is 0 Å². The zero-order valence-electron chi connectivity index (χ0n) is 14.1. The van der Waals surface area contributed by atoms with E-state index in [2.05, 4.69) is 4.37 Å². The third-order valence-electron chi connectivity index (χ3n) is 5.29. The van der Waals surface area contributed by atoms with Crippen molar-refractivity contribution in [1.29, 1.82) is 0 Å². The van der Waals surface area contributed by atoms with Gasteiger partial charge in [-0.25, -0.2) is 0 Å². The van der Waals surface area contributed by atoms with E-state index in [-0.39, 0.29) is 23.7 Å². The maximum absolute atomic E-state index is 12.4. The van der Waals surface area contributed by atoms with Crippen molar-refractivity contribution in [2.75, 3.05) is 13.2 Å². The van der Waals surface area contributed by atoms with Crippen LogP contribution in [-0.4, -0.2) is 34.2 Å². The molecule has 2 aliphatic rings.